The standard InChI is InChI=1S/C27H32N2O3/c1-16-5-6-21(29-15-16)20-11-17(2)24(18(3)12-20)25-22(30)13-27(14-23(25)31)9-7-19(8-10-27)26(32)28-4/h5-6,11-12,15,19,25H,7-10,13-14H2,1-4H3,(H,28,32). The smallest absolute Gasteiger partial charge is 0.222 e. The maximum atomic E-state index is 13.3. The fourth-order valence-corrected chi connectivity index (χ4v) is 5.77. The normalized spacial score (nSPS) is 25.8. The average molecular weight is 433 g/mol. The predicted molar refractivity (Wildman–Crippen MR) is 124 cm³/mol. The summed E-state index contributed by atoms with van der Waals surface area (Å²) in [7, 11) is 1.66. The summed E-state index contributed by atoms with van der Waals surface area (Å²) in [6, 6.07) is 8.12. The number of pyridine rings is 1. The number of benzene rings is 1. The summed E-state index contributed by atoms with van der Waals surface area (Å²) in [5, 5.41) is 2.73. The SMILES string of the molecule is CNC(=O)C1CCC2(CC1)CC(=O)C(c1c(C)cc(-c3ccc(C)cn3)cc1C)C(=O)C2. The number of amides is 1. The molecule has 2 fully saturated rings. The first kappa shape index (κ1) is 22.4. The monoisotopic (exact) mass is 432 g/mol. The highest BCUT2D eigenvalue weighted by Crippen LogP contribution is 2.50. The van der Waals surface area contributed by atoms with Crippen LogP contribution in [0.2, 0.25) is 0 Å². The Hall–Kier alpha value is -2.82. The molecule has 2 aliphatic carbocycles. The Balaban J connectivity index is 1.56. The zero-order valence-corrected chi connectivity index (χ0v) is 19.5. The molecule has 0 aliphatic heterocycles. The van der Waals surface area contributed by atoms with Crippen molar-refractivity contribution in [3.8, 4) is 11.3 Å². The van der Waals surface area contributed by atoms with Gasteiger partial charge in [-0.2, -0.15) is 0 Å². The molecule has 0 radical (unpaired) electrons. The summed E-state index contributed by atoms with van der Waals surface area (Å²) in [6.45, 7) is 5.98. The van der Waals surface area contributed by atoms with Gasteiger partial charge in [0.2, 0.25) is 5.91 Å². The average Bonchev–Trinajstić information content (AvgIpc) is 2.75. The van der Waals surface area contributed by atoms with E-state index in [9.17, 15) is 14.4 Å². The van der Waals surface area contributed by atoms with E-state index in [-0.39, 0.29) is 28.8 Å². The lowest BCUT2D eigenvalue weighted by atomic mass is 9.59. The van der Waals surface area contributed by atoms with Gasteiger partial charge in [0, 0.05) is 37.6 Å². The van der Waals surface area contributed by atoms with E-state index in [1.807, 2.05) is 51.2 Å². The van der Waals surface area contributed by atoms with Gasteiger partial charge in [-0.1, -0.05) is 6.07 Å². The largest absolute Gasteiger partial charge is 0.359 e. The molecule has 1 aromatic carbocycles. The van der Waals surface area contributed by atoms with Crippen molar-refractivity contribution in [2.45, 2.75) is 65.2 Å². The molecule has 1 spiro atoms. The third-order valence-electron chi connectivity index (χ3n) is 7.50. The summed E-state index contributed by atoms with van der Waals surface area (Å²) in [6.07, 6.45) is 5.76. The van der Waals surface area contributed by atoms with Crippen LogP contribution in [0.25, 0.3) is 11.3 Å². The molecular weight excluding hydrogens is 400 g/mol. The lowest BCUT2D eigenvalue weighted by molar-refractivity contribution is -0.138. The van der Waals surface area contributed by atoms with E-state index in [1.165, 1.54) is 0 Å². The number of hydrogen-bond donors (Lipinski definition) is 1. The van der Waals surface area contributed by atoms with Crippen molar-refractivity contribution in [1.82, 2.24) is 10.3 Å². The van der Waals surface area contributed by atoms with Crippen molar-refractivity contribution in [2.24, 2.45) is 11.3 Å². The van der Waals surface area contributed by atoms with Crippen LogP contribution >= 0.6 is 0 Å². The first-order valence-corrected chi connectivity index (χ1v) is 11.5. The number of ketones is 2. The second-order valence-electron chi connectivity index (χ2n) is 9.85. The minimum absolute atomic E-state index is 0.000898. The Kier molecular flexibility index (Phi) is 6.02. The van der Waals surface area contributed by atoms with Gasteiger partial charge in [0.15, 0.2) is 0 Å². The molecular formula is C27H32N2O3. The van der Waals surface area contributed by atoms with Crippen LogP contribution in [0.1, 0.15) is 66.7 Å². The van der Waals surface area contributed by atoms with E-state index in [0.717, 1.165) is 59.2 Å². The van der Waals surface area contributed by atoms with E-state index in [0.29, 0.717) is 12.8 Å². The highest BCUT2D eigenvalue weighted by molar-refractivity contribution is 6.10. The number of nitrogens with one attached hydrogen (secondary N) is 1. The van der Waals surface area contributed by atoms with Gasteiger partial charge < -0.3 is 5.32 Å². The Bertz CT molecular complexity index is 1020. The molecule has 2 saturated carbocycles. The van der Waals surface area contributed by atoms with Crippen molar-refractivity contribution in [2.75, 3.05) is 7.05 Å². The van der Waals surface area contributed by atoms with Crippen LogP contribution in [-0.4, -0.2) is 29.5 Å². The molecule has 1 N–H and O–H groups in total. The summed E-state index contributed by atoms with van der Waals surface area (Å²) in [5.41, 5.74) is 5.54. The number of carbonyl (C=O) groups excluding carboxylic acids is 3. The first-order valence-electron chi connectivity index (χ1n) is 11.5. The van der Waals surface area contributed by atoms with Crippen LogP contribution in [0.5, 0.6) is 0 Å². The molecule has 1 heterocycles. The van der Waals surface area contributed by atoms with Crippen molar-refractivity contribution >= 4 is 17.5 Å². The van der Waals surface area contributed by atoms with Crippen LogP contribution in [-0.2, 0) is 14.4 Å². The number of nitrogens with zero attached hydrogens (tertiary/aromatic N) is 1. The number of hydrogen-bond acceptors (Lipinski definition) is 4. The topological polar surface area (TPSA) is 76.1 Å². The van der Waals surface area contributed by atoms with E-state index in [2.05, 4.69) is 10.3 Å². The molecule has 2 aromatic rings. The molecule has 1 aromatic heterocycles. The summed E-state index contributed by atoms with van der Waals surface area (Å²) >= 11 is 0. The Morgan fingerprint density at radius 2 is 1.59 bits per heavy atom. The van der Waals surface area contributed by atoms with Crippen molar-refractivity contribution in [3.63, 3.8) is 0 Å². The first-order chi connectivity index (χ1) is 15.2. The number of rotatable bonds is 3. The zero-order valence-electron chi connectivity index (χ0n) is 19.5. The highest BCUT2D eigenvalue weighted by Gasteiger charge is 2.48. The lowest BCUT2D eigenvalue weighted by Gasteiger charge is -2.43. The third kappa shape index (κ3) is 4.13. The van der Waals surface area contributed by atoms with Crippen LogP contribution < -0.4 is 5.32 Å². The van der Waals surface area contributed by atoms with Gasteiger partial charge in [0.05, 0.1) is 5.69 Å². The molecule has 32 heavy (non-hydrogen) atoms. The molecule has 5 nitrogen and oxygen atoms in total. The van der Waals surface area contributed by atoms with E-state index in [4.69, 9.17) is 0 Å². The predicted octanol–water partition coefficient (Wildman–Crippen LogP) is 4.61. The molecule has 5 heteroatoms. The van der Waals surface area contributed by atoms with Crippen LogP contribution in [0.15, 0.2) is 30.5 Å². The molecule has 168 valence electrons. The number of aryl methyl sites for hydroxylation is 3. The highest BCUT2D eigenvalue weighted by atomic mass is 16.2. The van der Waals surface area contributed by atoms with Gasteiger partial charge in [-0.15, -0.1) is 0 Å². The maximum Gasteiger partial charge on any atom is 0.222 e. The number of aromatic nitrogens is 1. The molecule has 2 aliphatic rings. The lowest BCUT2D eigenvalue weighted by Crippen LogP contribution is -2.43. The maximum absolute atomic E-state index is 13.3. The Morgan fingerprint density at radius 1 is 1.00 bits per heavy atom. The second kappa shape index (κ2) is 8.61. The number of carbonyl (C=O) groups is 3. The van der Waals surface area contributed by atoms with Gasteiger partial charge in [-0.05, 0) is 92.3 Å². The van der Waals surface area contributed by atoms with Gasteiger partial charge in [0.1, 0.15) is 17.5 Å². The van der Waals surface area contributed by atoms with Crippen LogP contribution in [0.3, 0.4) is 0 Å². The molecule has 0 atom stereocenters. The second-order valence-corrected chi connectivity index (χ2v) is 9.85. The minimum Gasteiger partial charge on any atom is -0.359 e. The Morgan fingerprint density at radius 3 is 2.09 bits per heavy atom. The van der Waals surface area contributed by atoms with Gasteiger partial charge in [0.25, 0.3) is 0 Å². The number of Topliss-reactive ketones (excluding diaryl/α,β-unsaturated/α-hetero) is 2. The van der Waals surface area contributed by atoms with Crippen LogP contribution in [0, 0.1) is 32.1 Å². The van der Waals surface area contributed by atoms with Gasteiger partial charge >= 0.3 is 0 Å². The Labute approximate surface area is 190 Å². The fourth-order valence-electron chi connectivity index (χ4n) is 5.77. The zero-order chi connectivity index (χ0) is 23.0. The molecule has 1 amide bonds. The minimum atomic E-state index is -0.669. The molecule has 4 rings (SSSR count). The van der Waals surface area contributed by atoms with Gasteiger partial charge in [-0.3, -0.25) is 19.4 Å². The van der Waals surface area contributed by atoms with Crippen LogP contribution in [0.4, 0.5) is 0 Å². The van der Waals surface area contributed by atoms with E-state index in [1.54, 1.807) is 7.05 Å². The van der Waals surface area contributed by atoms with Crippen molar-refractivity contribution in [3.05, 3.63) is 52.7 Å². The van der Waals surface area contributed by atoms with Crippen molar-refractivity contribution in [1.29, 1.82) is 0 Å². The fraction of sp³-hybridized carbons (Fsp3) is 0.481. The molecule has 0 unspecified atom stereocenters. The van der Waals surface area contributed by atoms with E-state index < -0.39 is 5.92 Å². The third-order valence-corrected chi connectivity index (χ3v) is 7.50. The summed E-state index contributed by atoms with van der Waals surface area (Å²) in [4.78, 5) is 43.2. The van der Waals surface area contributed by atoms with Gasteiger partial charge in [-0.25, -0.2) is 0 Å². The molecule has 0 saturated heterocycles. The van der Waals surface area contributed by atoms with Crippen molar-refractivity contribution < 1.29 is 14.4 Å². The molecule has 0 bridgehead atoms. The quantitative estimate of drug-likeness (QED) is 0.719. The summed E-state index contributed by atoms with van der Waals surface area (Å²) < 4.78 is 0. The van der Waals surface area contributed by atoms with E-state index >= 15 is 0 Å². The summed E-state index contributed by atoms with van der Waals surface area (Å²) in [5.74, 6) is -0.530.